The van der Waals surface area contributed by atoms with Gasteiger partial charge in [0.2, 0.25) is 11.8 Å². The van der Waals surface area contributed by atoms with Crippen molar-refractivity contribution in [2.24, 2.45) is 5.73 Å². The molecule has 1 atom stereocenters. The summed E-state index contributed by atoms with van der Waals surface area (Å²) in [5.41, 5.74) is 5.85. The Morgan fingerprint density at radius 1 is 1.44 bits per heavy atom. The molecule has 25 heavy (non-hydrogen) atoms. The van der Waals surface area contributed by atoms with E-state index in [0.29, 0.717) is 36.2 Å². The summed E-state index contributed by atoms with van der Waals surface area (Å²) in [5, 5.41) is 12.1. The molecule has 2 aromatic rings. The largest absolute Gasteiger partial charge is 0.439 e. The number of nitriles is 1. The fraction of sp³-hybridized carbons (Fsp3) is 0.294. The van der Waals surface area contributed by atoms with Gasteiger partial charge in [-0.25, -0.2) is 9.78 Å². The second-order valence-corrected chi connectivity index (χ2v) is 5.73. The standard InChI is InChI=1S/C17H18N6O2/c18-10-12-3-1-5-14(9-12)25-15-6-7-20-17(22-15)21-13-4-2-8-23(11-13)16(19)24/h1,3,5-7,9,13H,2,4,8,11H2,(H2,19,24)(H,20,21,22). The van der Waals surface area contributed by atoms with Gasteiger partial charge in [0.1, 0.15) is 5.75 Å². The van der Waals surface area contributed by atoms with Crippen molar-refractivity contribution in [2.45, 2.75) is 18.9 Å². The summed E-state index contributed by atoms with van der Waals surface area (Å²) in [5.74, 6) is 1.32. The lowest BCUT2D eigenvalue weighted by molar-refractivity contribution is 0.191. The van der Waals surface area contributed by atoms with E-state index in [0.717, 1.165) is 12.8 Å². The highest BCUT2D eigenvalue weighted by Gasteiger charge is 2.22. The predicted molar refractivity (Wildman–Crippen MR) is 91.1 cm³/mol. The maximum absolute atomic E-state index is 11.3. The Morgan fingerprint density at radius 2 is 2.32 bits per heavy atom. The number of amides is 2. The average Bonchev–Trinajstić information content (AvgIpc) is 2.62. The molecule has 0 radical (unpaired) electrons. The predicted octanol–water partition coefficient (Wildman–Crippen LogP) is 2.10. The van der Waals surface area contributed by atoms with E-state index in [4.69, 9.17) is 15.7 Å². The molecule has 1 unspecified atom stereocenters. The molecule has 0 spiro atoms. The van der Waals surface area contributed by atoms with Crippen molar-refractivity contribution in [2.75, 3.05) is 18.4 Å². The van der Waals surface area contributed by atoms with Crippen LogP contribution in [0.5, 0.6) is 11.6 Å². The quantitative estimate of drug-likeness (QED) is 0.881. The van der Waals surface area contributed by atoms with Gasteiger partial charge in [0.25, 0.3) is 0 Å². The third-order valence-electron chi connectivity index (χ3n) is 3.88. The molecule has 8 nitrogen and oxygen atoms in total. The van der Waals surface area contributed by atoms with Gasteiger partial charge in [0.05, 0.1) is 11.6 Å². The number of rotatable bonds is 4. The topological polar surface area (TPSA) is 117 Å². The highest BCUT2D eigenvalue weighted by Crippen LogP contribution is 2.21. The minimum atomic E-state index is -0.415. The molecule has 3 rings (SSSR count). The lowest BCUT2D eigenvalue weighted by Crippen LogP contribution is -2.47. The van der Waals surface area contributed by atoms with Crippen molar-refractivity contribution in [1.82, 2.24) is 14.9 Å². The number of ether oxygens (including phenoxy) is 1. The number of hydrogen-bond donors (Lipinski definition) is 2. The van der Waals surface area contributed by atoms with Gasteiger partial charge in [0.15, 0.2) is 0 Å². The molecule has 2 amide bonds. The van der Waals surface area contributed by atoms with Crippen LogP contribution in [0.3, 0.4) is 0 Å². The van der Waals surface area contributed by atoms with Crippen molar-refractivity contribution >= 4 is 12.0 Å². The number of carbonyl (C=O) groups excluding carboxylic acids is 1. The van der Waals surface area contributed by atoms with E-state index in [-0.39, 0.29) is 6.04 Å². The van der Waals surface area contributed by atoms with Crippen LogP contribution in [0.15, 0.2) is 36.5 Å². The molecule has 2 heterocycles. The summed E-state index contributed by atoms with van der Waals surface area (Å²) in [6, 6.07) is 10.2. The summed E-state index contributed by atoms with van der Waals surface area (Å²) in [6.07, 6.45) is 3.37. The molecule has 8 heteroatoms. The fourth-order valence-electron chi connectivity index (χ4n) is 2.70. The van der Waals surface area contributed by atoms with E-state index in [9.17, 15) is 4.79 Å². The molecule has 1 aliphatic heterocycles. The van der Waals surface area contributed by atoms with Crippen LogP contribution in [-0.2, 0) is 0 Å². The summed E-state index contributed by atoms with van der Waals surface area (Å²) in [4.78, 5) is 21.4. The van der Waals surface area contributed by atoms with Crippen molar-refractivity contribution < 1.29 is 9.53 Å². The summed E-state index contributed by atoms with van der Waals surface area (Å²) >= 11 is 0. The summed E-state index contributed by atoms with van der Waals surface area (Å²) in [6.45, 7) is 1.20. The second kappa shape index (κ2) is 7.49. The van der Waals surface area contributed by atoms with Gasteiger partial charge in [-0.1, -0.05) is 6.07 Å². The molecule has 3 N–H and O–H groups in total. The van der Waals surface area contributed by atoms with Crippen molar-refractivity contribution in [3.63, 3.8) is 0 Å². The lowest BCUT2D eigenvalue weighted by Gasteiger charge is -2.31. The van der Waals surface area contributed by atoms with Gasteiger partial charge in [0, 0.05) is 31.4 Å². The zero-order valence-corrected chi connectivity index (χ0v) is 13.6. The third-order valence-corrected chi connectivity index (χ3v) is 3.88. The van der Waals surface area contributed by atoms with Crippen LogP contribution in [0, 0.1) is 11.3 Å². The molecule has 1 saturated heterocycles. The van der Waals surface area contributed by atoms with Gasteiger partial charge in [-0.15, -0.1) is 0 Å². The van der Waals surface area contributed by atoms with Gasteiger partial charge in [-0.2, -0.15) is 10.2 Å². The Balaban J connectivity index is 1.67. The first-order valence-corrected chi connectivity index (χ1v) is 7.96. The van der Waals surface area contributed by atoms with Crippen LogP contribution >= 0.6 is 0 Å². The van der Waals surface area contributed by atoms with Gasteiger partial charge >= 0.3 is 6.03 Å². The van der Waals surface area contributed by atoms with Crippen LogP contribution in [0.1, 0.15) is 18.4 Å². The number of likely N-dealkylation sites (tertiary alicyclic amines) is 1. The first-order valence-electron chi connectivity index (χ1n) is 7.96. The minimum Gasteiger partial charge on any atom is -0.439 e. The third kappa shape index (κ3) is 4.35. The number of benzene rings is 1. The van der Waals surface area contributed by atoms with Crippen LogP contribution in [0.25, 0.3) is 0 Å². The number of urea groups is 1. The first-order chi connectivity index (χ1) is 12.1. The molecule has 0 aliphatic carbocycles. The zero-order valence-electron chi connectivity index (χ0n) is 13.6. The normalized spacial score (nSPS) is 16.8. The van der Waals surface area contributed by atoms with E-state index in [1.54, 1.807) is 41.4 Å². The van der Waals surface area contributed by atoms with Crippen LogP contribution < -0.4 is 15.8 Å². The fourth-order valence-corrected chi connectivity index (χ4v) is 2.70. The number of primary amides is 1. The summed E-state index contributed by atoms with van der Waals surface area (Å²) in [7, 11) is 0. The number of anilines is 1. The number of nitrogens with one attached hydrogen (secondary N) is 1. The number of hydrogen-bond acceptors (Lipinski definition) is 6. The number of nitrogens with two attached hydrogens (primary N) is 1. The van der Waals surface area contributed by atoms with Crippen LogP contribution in [-0.4, -0.2) is 40.0 Å². The maximum Gasteiger partial charge on any atom is 0.314 e. The molecule has 0 saturated carbocycles. The molecular weight excluding hydrogens is 320 g/mol. The molecule has 1 aromatic heterocycles. The van der Waals surface area contributed by atoms with Crippen molar-refractivity contribution in [1.29, 1.82) is 5.26 Å². The van der Waals surface area contributed by atoms with Crippen molar-refractivity contribution in [3.8, 4) is 17.7 Å². The van der Waals surface area contributed by atoms with E-state index < -0.39 is 6.03 Å². The van der Waals surface area contributed by atoms with Crippen LogP contribution in [0.2, 0.25) is 0 Å². The lowest BCUT2D eigenvalue weighted by atomic mass is 10.1. The van der Waals surface area contributed by atoms with Crippen LogP contribution in [0.4, 0.5) is 10.7 Å². The SMILES string of the molecule is N#Cc1cccc(Oc2ccnc(NC3CCCN(C(N)=O)C3)n2)c1. The molecule has 0 bridgehead atoms. The molecule has 1 fully saturated rings. The molecular formula is C17H18N6O2. The van der Waals surface area contributed by atoms with Gasteiger partial charge in [-0.05, 0) is 31.0 Å². The van der Waals surface area contributed by atoms with Crippen molar-refractivity contribution in [3.05, 3.63) is 42.1 Å². The highest BCUT2D eigenvalue weighted by molar-refractivity contribution is 5.72. The highest BCUT2D eigenvalue weighted by atomic mass is 16.5. The molecule has 1 aromatic carbocycles. The smallest absolute Gasteiger partial charge is 0.314 e. The maximum atomic E-state index is 11.3. The Kier molecular flexibility index (Phi) is 4.95. The number of aromatic nitrogens is 2. The number of nitrogens with zero attached hydrogens (tertiary/aromatic N) is 4. The molecule has 1 aliphatic rings. The Labute approximate surface area is 145 Å². The number of carbonyl (C=O) groups is 1. The van der Waals surface area contributed by atoms with E-state index in [1.165, 1.54) is 0 Å². The minimum absolute atomic E-state index is 0.0402. The Bertz CT molecular complexity index is 804. The second-order valence-electron chi connectivity index (χ2n) is 5.73. The molecule has 128 valence electrons. The van der Waals surface area contributed by atoms with E-state index in [1.807, 2.05) is 0 Å². The van der Waals surface area contributed by atoms with E-state index in [2.05, 4.69) is 21.4 Å². The monoisotopic (exact) mass is 338 g/mol. The average molecular weight is 338 g/mol. The van der Waals surface area contributed by atoms with Gasteiger partial charge < -0.3 is 20.7 Å². The number of piperidine rings is 1. The Morgan fingerprint density at radius 3 is 3.12 bits per heavy atom. The summed E-state index contributed by atoms with van der Waals surface area (Å²) < 4.78 is 5.68. The van der Waals surface area contributed by atoms with E-state index >= 15 is 0 Å². The Hall–Kier alpha value is -3.34. The van der Waals surface area contributed by atoms with Gasteiger partial charge in [-0.3, -0.25) is 0 Å². The zero-order chi connectivity index (χ0) is 17.6. The first kappa shape index (κ1) is 16.5.